The van der Waals surface area contributed by atoms with Crippen molar-refractivity contribution in [2.75, 3.05) is 18.4 Å². The fraction of sp³-hybridized carbons (Fsp3) is 0.333. The van der Waals surface area contributed by atoms with E-state index in [0.717, 1.165) is 15.7 Å². The number of carbonyl (C=O) groups excluding carboxylic acids is 2. The number of amides is 1. The van der Waals surface area contributed by atoms with E-state index in [1.54, 1.807) is 0 Å². The number of aryl methyl sites for hydroxylation is 1. The van der Waals surface area contributed by atoms with Crippen LogP contribution in [0.15, 0.2) is 51.8 Å². The maximum atomic E-state index is 12.8. The van der Waals surface area contributed by atoms with Crippen LogP contribution in [0.25, 0.3) is 0 Å². The van der Waals surface area contributed by atoms with Gasteiger partial charge in [-0.3, -0.25) is 9.59 Å². The minimum absolute atomic E-state index is 0.0884. The van der Waals surface area contributed by atoms with E-state index in [0.29, 0.717) is 18.4 Å². The predicted octanol–water partition coefficient (Wildman–Crippen LogP) is 4.00. The minimum Gasteiger partial charge on any atom is -0.326 e. The highest BCUT2D eigenvalue weighted by atomic mass is 79.9. The first-order valence-corrected chi connectivity index (χ1v) is 11.6. The number of benzene rings is 2. The number of nitrogens with one attached hydrogen (secondary N) is 1. The minimum atomic E-state index is -3.64. The average molecular weight is 479 g/mol. The number of carbonyl (C=O) groups is 2. The van der Waals surface area contributed by atoms with Gasteiger partial charge in [-0.15, -0.1) is 0 Å². The number of ketones is 1. The van der Waals surface area contributed by atoms with Gasteiger partial charge in [-0.1, -0.05) is 28.1 Å². The maximum absolute atomic E-state index is 12.8. The fourth-order valence-electron chi connectivity index (χ4n) is 3.34. The number of piperidine rings is 1. The summed E-state index contributed by atoms with van der Waals surface area (Å²) < 4.78 is 28.1. The molecule has 1 amide bonds. The third-order valence-corrected chi connectivity index (χ3v) is 7.95. The van der Waals surface area contributed by atoms with Crippen LogP contribution in [0.2, 0.25) is 0 Å². The molecule has 6 nitrogen and oxygen atoms in total. The van der Waals surface area contributed by atoms with Gasteiger partial charge in [0.2, 0.25) is 15.9 Å². The van der Waals surface area contributed by atoms with Crippen molar-refractivity contribution in [3.8, 4) is 0 Å². The Morgan fingerprint density at radius 3 is 2.24 bits per heavy atom. The molecule has 0 spiro atoms. The molecule has 154 valence electrons. The van der Waals surface area contributed by atoms with E-state index in [4.69, 9.17) is 0 Å². The topological polar surface area (TPSA) is 83.6 Å². The first-order valence-electron chi connectivity index (χ1n) is 9.36. The second-order valence-electron chi connectivity index (χ2n) is 7.21. The number of halogens is 1. The van der Waals surface area contributed by atoms with E-state index in [2.05, 4.69) is 21.2 Å². The van der Waals surface area contributed by atoms with Gasteiger partial charge in [0.05, 0.1) is 4.90 Å². The number of hydrogen-bond donors (Lipinski definition) is 1. The van der Waals surface area contributed by atoms with Gasteiger partial charge in [-0.2, -0.15) is 4.31 Å². The first-order chi connectivity index (χ1) is 13.7. The van der Waals surface area contributed by atoms with Gasteiger partial charge in [-0.05, 0) is 62.6 Å². The van der Waals surface area contributed by atoms with Crippen molar-refractivity contribution in [3.05, 3.63) is 58.1 Å². The Bertz CT molecular complexity index is 1030. The van der Waals surface area contributed by atoms with E-state index >= 15 is 0 Å². The molecule has 0 radical (unpaired) electrons. The number of hydrogen-bond acceptors (Lipinski definition) is 4. The molecule has 1 fully saturated rings. The molecule has 8 heteroatoms. The van der Waals surface area contributed by atoms with Crippen LogP contribution in [0.1, 0.15) is 35.7 Å². The molecule has 1 aliphatic rings. The van der Waals surface area contributed by atoms with Crippen LogP contribution in [0.4, 0.5) is 5.69 Å². The summed E-state index contributed by atoms with van der Waals surface area (Å²) in [6.45, 7) is 3.96. The highest BCUT2D eigenvalue weighted by Crippen LogP contribution is 2.26. The third-order valence-electron chi connectivity index (χ3n) is 5.15. The number of Topliss-reactive ketones (excluding diaryl/α,β-unsaturated/α-hetero) is 1. The molecule has 1 saturated heterocycles. The lowest BCUT2D eigenvalue weighted by Crippen LogP contribution is -2.41. The lowest BCUT2D eigenvalue weighted by Gasteiger charge is -2.30. The first kappa shape index (κ1) is 21.7. The van der Waals surface area contributed by atoms with E-state index < -0.39 is 10.0 Å². The van der Waals surface area contributed by atoms with Gasteiger partial charge in [0.25, 0.3) is 0 Å². The normalized spacial score (nSPS) is 15.8. The molecule has 0 atom stereocenters. The third kappa shape index (κ3) is 4.94. The largest absolute Gasteiger partial charge is 0.326 e. The predicted molar refractivity (Wildman–Crippen MR) is 115 cm³/mol. The summed E-state index contributed by atoms with van der Waals surface area (Å²) in [7, 11) is -3.64. The van der Waals surface area contributed by atoms with Crippen molar-refractivity contribution in [2.24, 2.45) is 5.92 Å². The van der Waals surface area contributed by atoms with Crippen LogP contribution in [-0.4, -0.2) is 37.5 Å². The zero-order chi connectivity index (χ0) is 21.2. The summed E-state index contributed by atoms with van der Waals surface area (Å²) in [5, 5.41) is 2.92. The Hall–Kier alpha value is -2.03. The summed E-state index contributed by atoms with van der Waals surface area (Å²) in [5.41, 5.74) is 2.23. The molecule has 2 aromatic carbocycles. The van der Waals surface area contributed by atoms with Crippen molar-refractivity contribution in [1.29, 1.82) is 0 Å². The quantitative estimate of drug-likeness (QED) is 0.658. The van der Waals surface area contributed by atoms with Crippen molar-refractivity contribution in [3.63, 3.8) is 0 Å². The van der Waals surface area contributed by atoms with Gasteiger partial charge < -0.3 is 5.32 Å². The highest BCUT2D eigenvalue weighted by Gasteiger charge is 2.32. The van der Waals surface area contributed by atoms with Crippen LogP contribution in [-0.2, 0) is 14.8 Å². The van der Waals surface area contributed by atoms with Crippen LogP contribution in [0.5, 0.6) is 0 Å². The summed E-state index contributed by atoms with van der Waals surface area (Å²) in [6.07, 6.45) is 0.929. The van der Waals surface area contributed by atoms with Crippen molar-refractivity contribution in [1.82, 2.24) is 4.31 Å². The Balaban J connectivity index is 1.62. The Morgan fingerprint density at radius 1 is 1.07 bits per heavy atom. The Labute approximate surface area is 179 Å². The highest BCUT2D eigenvalue weighted by molar-refractivity contribution is 9.10. The van der Waals surface area contributed by atoms with E-state index in [9.17, 15) is 18.0 Å². The van der Waals surface area contributed by atoms with Gasteiger partial charge in [0.15, 0.2) is 5.78 Å². The van der Waals surface area contributed by atoms with Crippen LogP contribution in [0, 0.1) is 12.8 Å². The maximum Gasteiger partial charge on any atom is 0.243 e. The van der Waals surface area contributed by atoms with Crippen LogP contribution in [0.3, 0.4) is 0 Å². The molecule has 1 heterocycles. The van der Waals surface area contributed by atoms with Crippen LogP contribution >= 0.6 is 15.9 Å². The molecule has 29 heavy (non-hydrogen) atoms. The second-order valence-corrected chi connectivity index (χ2v) is 10.0. The molecule has 1 aliphatic heterocycles. The van der Waals surface area contributed by atoms with E-state index in [1.807, 2.05) is 25.1 Å². The lowest BCUT2D eigenvalue weighted by atomic mass is 9.97. The molecular weight excluding hydrogens is 456 g/mol. The van der Waals surface area contributed by atoms with Crippen molar-refractivity contribution < 1.29 is 18.0 Å². The van der Waals surface area contributed by atoms with Gasteiger partial charge >= 0.3 is 0 Å². The smallest absolute Gasteiger partial charge is 0.243 e. The Morgan fingerprint density at radius 2 is 1.69 bits per heavy atom. The number of rotatable bonds is 5. The molecule has 0 aromatic heterocycles. The summed E-state index contributed by atoms with van der Waals surface area (Å²) in [6, 6.07) is 11.6. The summed E-state index contributed by atoms with van der Waals surface area (Å²) in [5.74, 6) is -0.429. The Kier molecular flexibility index (Phi) is 6.55. The molecule has 2 aromatic rings. The summed E-state index contributed by atoms with van der Waals surface area (Å²) >= 11 is 3.44. The summed E-state index contributed by atoms with van der Waals surface area (Å²) in [4.78, 5) is 24.1. The van der Waals surface area contributed by atoms with Crippen molar-refractivity contribution in [2.45, 2.75) is 31.6 Å². The zero-order valence-corrected chi connectivity index (χ0v) is 18.7. The molecule has 0 bridgehead atoms. The van der Waals surface area contributed by atoms with Gasteiger partial charge in [0, 0.05) is 34.7 Å². The monoisotopic (exact) mass is 478 g/mol. The number of sulfonamides is 1. The number of anilines is 1. The lowest BCUT2D eigenvalue weighted by molar-refractivity contribution is -0.120. The van der Waals surface area contributed by atoms with E-state index in [-0.39, 0.29) is 35.6 Å². The van der Waals surface area contributed by atoms with Crippen LogP contribution < -0.4 is 5.32 Å². The molecule has 0 unspecified atom stereocenters. The molecule has 0 aliphatic carbocycles. The number of nitrogens with zero attached hydrogens (tertiary/aromatic N) is 1. The fourth-order valence-corrected chi connectivity index (χ4v) is 5.05. The second kappa shape index (κ2) is 8.77. The average Bonchev–Trinajstić information content (AvgIpc) is 2.71. The zero-order valence-electron chi connectivity index (χ0n) is 16.3. The molecule has 3 rings (SSSR count). The molecular formula is C21H23BrN2O4S. The van der Waals surface area contributed by atoms with Gasteiger partial charge in [-0.25, -0.2) is 8.42 Å². The molecule has 0 saturated carbocycles. The standard InChI is InChI=1S/C21H23BrN2O4S/c1-14-13-18(5-8-20(14)22)23-21(26)17-9-11-24(12-10-17)29(27,28)19-6-3-16(4-7-19)15(2)25/h3-8,13,17H,9-12H2,1-2H3,(H,23,26). The van der Waals surface area contributed by atoms with Gasteiger partial charge in [0.1, 0.15) is 0 Å². The molecule has 1 N–H and O–H groups in total. The SMILES string of the molecule is CC(=O)c1ccc(S(=O)(=O)N2CCC(C(=O)Nc3ccc(Br)c(C)c3)CC2)cc1. The van der Waals surface area contributed by atoms with Crippen molar-refractivity contribution >= 4 is 43.3 Å². The van der Waals surface area contributed by atoms with E-state index in [1.165, 1.54) is 35.5 Å².